The van der Waals surface area contributed by atoms with Gasteiger partial charge in [0, 0.05) is 35.2 Å². The zero-order valence-corrected chi connectivity index (χ0v) is 41.5. The molecular formula is C66H69N3O. The summed E-state index contributed by atoms with van der Waals surface area (Å²) in [7, 11) is 0. The van der Waals surface area contributed by atoms with E-state index in [0.29, 0.717) is 39.1 Å². The molecule has 0 radical (unpaired) electrons. The highest BCUT2D eigenvalue weighted by atomic mass is 16.3. The summed E-state index contributed by atoms with van der Waals surface area (Å²) in [5.41, 5.74) is 3.95. The van der Waals surface area contributed by atoms with Crippen LogP contribution in [0.4, 0.5) is 0 Å². The van der Waals surface area contributed by atoms with Gasteiger partial charge < -0.3 is 5.11 Å². The number of hydrogen-bond donors (Lipinski definition) is 1. The molecule has 0 atom stereocenters. The van der Waals surface area contributed by atoms with Crippen LogP contribution in [0.15, 0.2) is 164 Å². The van der Waals surface area contributed by atoms with Gasteiger partial charge in [0.05, 0.1) is 37.6 Å². The van der Waals surface area contributed by atoms with Gasteiger partial charge in [0.15, 0.2) is 0 Å². The van der Waals surface area contributed by atoms with E-state index in [0.717, 1.165) is 39.1 Å². The van der Waals surface area contributed by atoms with Gasteiger partial charge in [0.1, 0.15) is 11.6 Å². The van der Waals surface area contributed by atoms with Gasteiger partial charge in [-0.25, -0.2) is 4.98 Å². The van der Waals surface area contributed by atoms with Crippen LogP contribution in [0.25, 0.3) is 83.9 Å². The summed E-state index contributed by atoms with van der Waals surface area (Å²) in [5.74, 6) is 0.584. The summed E-state index contributed by atoms with van der Waals surface area (Å²) < 4.78 is 142. The van der Waals surface area contributed by atoms with E-state index >= 15 is 0 Å². The van der Waals surface area contributed by atoms with Gasteiger partial charge in [-0.2, -0.15) is 0 Å². The first-order valence-corrected chi connectivity index (χ1v) is 23.8. The lowest BCUT2D eigenvalue weighted by Gasteiger charge is -2.24. The first-order chi connectivity index (χ1) is 39.8. The van der Waals surface area contributed by atoms with Crippen molar-refractivity contribution in [1.29, 1.82) is 0 Å². The van der Waals surface area contributed by atoms with Crippen LogP contribution < -0.4 is 0 Å². The van der Waals surface area contributed by atoms with Gasteiger partial charge in [0.2, 0.25) is 0 Å². The van der Waals surface area contributed by atoms with Gasteiger partial charge in [0.25, 0.3) is 0 Å². The third kappa shape index (κ3) is 9.49. The van der Waals surface area contributed by atoms with E-state index < -0.39 is 85.1 Å². The largest absolute Gasteiger partial charge is 0.507 e. The highest BCUT2D eigenvalue weighted by Crippen LogP contribution is 2.45. The molecule has 0 spiro atoms. The Hall–Kier alpha value is -7.04. The zero-order valence-electron chi connectivity index (χ0n) is 57.5. The van der Waals surface area contributed by atoms with Crippen molar-refractivity contribution < 1.29 is 27.0 Å². The van der Waals surface area contributed by atoms with Crippen molar-refractivity contribution in [3.63, 3.8) is 0 Å². The maximum absolute atomic E-state index is 12.5. The predicted molar refractivity (Wildman–Crippen MR) is 297 cm³/mol. The molecule has 2 heterocycles. The molecule has 0 unspecified atom stereocenters. The second kappa shape index (κ2) is 18.4. The lowest BCUT2D eigenvalue weighted by atomic mass is 9.83. The van der Waals surface area contributed by atoms with Gasteiger partial charge in [-0.15, -0.1) is 0 Å². The van der Waals surface area contributed by atoms with Gasteiger partial charge in [-0.3, -0.25) is 9.55 Å². The Morgan fingerprint density at radius 1 is 0.529 bits per heavy atom. The number of hydrogen-bond acceptors (Lipinski definition) is 3. The summed E-state index contributed by atoms with van der Waals surface area (Å²) in [6, 6.07) is 33.3. The first kappa shape index (κ1) is 32.0. The smallest absolute Gasteiger partial charge is 0.149 e. The van der Waals surface area contributed by atoms with E-state index in [4.69, 9.17) is 22.8 Å². The fourth-order valence-corrected chi connectivity index (χ4v) is 8.88. The number of para-hydroxylation sites is 1. The fourth-order valence-electron chi connectivity index (χ4n) is 8.88. The number of rotatable bonds is 9. The minimum atomic E-state index is -3.93. The van der Waals surface area contributed by atoms with E-state index in [1.165, 1.54) is 5.56 Å². The molecule has 4 nitrogen and oxygen atoms in total. The molecular weight excluding hydrogens is 851 g/mol. The third-order valence-electron chi connectivity index (χ3n) is 13.0. The molecule has 9 aromatic rings. The maximum atomic E-state index is 12.5. The molecule has 0 aliphatic carbocycles. The molecule has 0 aliphatic heterocycles. The SMILES string of the molecule is [2H]c1nc(-c2cc(-c3ccccc3)cc(-c3cccc4c3nc(-c3cc(C(C)C)cc(C(C)C)c3O)n4-c3ccc(C(C)(C)C)cc3-c3ccc(C(C)(C)C)cc3)c2)c([2H])c(-c2c([2H])c([2H])c(C(C([2H])([2H])[2H])(C([2H])([2H])[2H])C([2H])([2H])[2H])c([2H])c2[2H])c1[2H]. The quantitative estimate of drug-likeness (QED) is 0.157. The van der Waals surface area contributed by atoms with Crippen LogP contribution in [0, 0.1) is 0 Å². The molecule has 0 aliphatic rings. The van der Waals surface area contributed by atoms with Crippen molar-refractivity contribution in [2.24, 2.45) is 0 Å². The Bertz CT molecular complexity index is 4060. The monoisotopic (exact) mass is 936 g/mol. The molecule has 4 heteroatoms. The zero-order chi connectivity index (χ0) is 63.5. The molecule has 9 rings (SSSR count). The minimum Gasteiger partial charge on any atom is -0.507 e. The number of phenolic OH excluding ortho intramolecular Hbond substituents is 1. The van der Waals surface area contributed by atoms with Crippen LogP contribution in [0.3, 0.4) is 0 Å². The van der Waals surface area contributed by atoms with E-state index in [2.05, 4.69) is 107 Å². The molecule has 7 aromatic carbocycles. The fraction of sp³-hybridized carbons (Fsp3) is 0.273. The Labute approximate surface area is 439 Å². The Morgan fingerprint density at radius 3 is 1.86 bits per heavy atom. The molecule has 1 N–H and O–H groups in total. The average molecular weight is 936 g/mol. The van der Waals surface area contributed by atoms with Crippen LogP contribution in [0.1, 0.15) is 151 Å². The molecule has 0 saturated heterocycles. The Kier molecular flexibility index (Phi) is 8.39. The van der Waals surface area contributed by atoms with E-state index in [9.17, 15) is 9.22 Å². The van der Waals surface area contributed by atoms with Crippen LogP contribution >= 0.6 is 0 Å². The number of aromatic nitrogens is 3. The predicted octanol–water partition coefficient (Wildman–Crippen LogP) is 18.3. The molecule has 70 heavy (non-hydrogen) atoms. The van der Waals surface area contributed by atoms with Crippen molar-refractivity contribution in [1.82, 2.24) is 14.5 Å². The van der Waals surface area contributed by atoms with Gasteiger partial charge in [-0.1, -0.05) is 193 Å². The maximum Gasteiger partial charge on any atom is 0.149 e. The Balaban J connectivity index is 1.37. The number of fused-ring (bicyclic) bond motifs is 1. The average Bonchev–Trinajstić information content (AvgIpc) is 0.765. The van der Waals surface area contributed by atoms with Crippen molar-refractivity contribution in [3.05, 3.63) is 192 Å². The van der Waals surface area contributed by atoms with E-state index in [-0.39, 0.29) is 39.7 Å². The third-order valence-corrected chi connectivity index (χ3v) is 13.0. The van der Waals surface area contributed by atoms with Crippen molar-refractivity contribution in [2.45, 2.75) is 118 Å². The molecule has 2 aromatic heterocycles. The lowest BCUT2D eigenvalue weighted by molar-refractivity contribution is 0.466. The van der Waals surface area contributed by atoms with Crippen LogP contribution in [-0.2, 0) is 16.2 Å². The topological polar surface area (TPSA) is 50.9 Å². The van der Waals surface area contributed by atoms with Crippen molar-refractivity contribution in [3.8, 4) is 78.6 Å². The Morgan fingerprint density at radius 2 is 1.20 bits per heavy atom. The van der Waals surface area contributed by atoms with Gasteiger partial charge in [-0.05, 0) is 144 Å². The van der Waals surface area contributed by atoms with Gasteiger partial charge >= 0.3 is 0 Å². The normalized spacial score (nSPS) is 16.2. The summed E-state index contributed by atoms with van der Waals surface area (Å²) in [6.07, 6.45) is -0.739. The molecule has 354 valence electrons. The standard InChI is InChI=1S/C66H69N3O/c1-41(2)47-37-55(42(3)4)62(70)57(38-47)63-68-61-54(20-17-21-60(61)69(63)59-31-30-53(66(11,12)13)40-56(59)45-24-28-52(29-25-45)65(8,9)10)49-34-48(43-18-15-14-16-19-43)35-50(36-49)58-39-46(32-33-67-58)44-22-26-51(27-23-44)64(5,6)7/h14-42,70H,1-13H3/i5D3,6D3,7D3,22D,23D,26D,27D,32D,33D,39D. The number of pyridine rings is 1. The summed E-state index contributed by atoms with van der Waals surface area (Å²) in [4.78, 5) is 10.0. The highest BCUT2D eigenvalue weighted by molar-refractivity contribution is 5.98. The van der Waals surface area contributed by atoms with Crippen LogP contribution in [0.2, 0.25) is 0 Å². The van der Waals surface area contributed by atoms with E-state index in [1.807, 2.05) is 80.6 Å². The number of benzene rings is 7. The molecule has 0 saturated carbocycles. The summed E-state index contributed by atoms with van der Waals surface area (Å²) >= 11 is 0. The molecule has 0 bridgehead atoms. The number of nitrogens with zero attached hydrogens (tertiary/aromatic N) is 3. The number of phenols is 1. The second-order valence-corrected chi connectivity index (χ2v) is 20.9. The van der Waals surface area contributed by atoms with Crippen LogP contribution in [0.5, 0.6) is 5.75 Å². The van der Waals surface area contributed by atoms with E-state index in [1.54, 1.807) is 12.1 Å². The summed E-state index contributed by atoms with van der Waals surface area (Å²) in [5, 5.41) is 12.5. The highest BCUT2D eigenvalue weighted by Gasteiger charge is 2.27. The molecule has 0 fully saturated rings. The second-order valence-electron chi connectivity index (χ2n) is 20.9. The first-order valence-electron chi connectivity index (χ1n) is 31.8. The van der Waals surface area contributed by atoms with Crippen molar-refractivity contribution >= 4 is 11.0 Å². The minimum absolute atomic E-state index is 0.0566. The molecule has 0 amide bonds. The van der Waals surface area contributed by atoms with Crippen molar-refractivity contribution in [2.75, 3.05) is 0 Å². The van der Waals surface area contributed by atoms with Crippen LogP contribution in [-0.4, -0.2) is 19.6 Å². The lowest BCUT2D eigenvalue weighted by Crippen LogP contribution is -2.12. The number of imidazole rings is 1. The number of aromatic hydroxyl groups is 1. The summed E-state index contributed by atoms with van der Waals surface area (Å²) in [6.45, 7) is 9.54.